The zero-order chi connectivity index (χ0) is 22.0. The van der Waals surface area contributed by atoms with Crippen molar-refractivity contribution in [1.82, 2.24) is 19.7 Å². The third kappa shape index (κ3) is 4.33. The predicted octanol–water partition coefficient (Wildman–Crippen LogP) is 4.97. The average molecular weight is 426 g/mol. The number of benzene rings is 2. The molecule has 2 aromatic carbocycles. The zero-order valence-corrected chi connectivity index (χ0v) is 16.9. The van der Waals surface area contributed by atoms with Crippen LogP contribution in [0.15, 0.2) is 67.0 Å². The summed E-state index contributed by atoms with van der Waals surface area (Å²) in [6.07, 6.45) is -1.21. The van der Waals surface area contributed by atoms with Crippen molar-refractivity contribution in [3.63, 3.8) is 0 Å². The van der Waals surface area contributed by atoms with Gasteiger partial charge in [-0.1, -0.05) is 35.9 Å². The summed E-state index contributed by atoms with van der Waals surface area (Å²) in [5.74, 6) is -0.789. The molecule has 4 aromatic rings. The van der Waals surface area contributed by atoms with Gasteiger partial charge in [-0.25, -0.2) is 4.68 Å². The van der Waals surface area contributed by atoms with E-state index in [4.69, 9.17) is 0 Å². The fourth-order valence-corrected chi connectivity index (χ4v) is 3.55. The molecule has 0 fully saturated rings. The molecular formula is C23H21F3N4O. The number of carbonyl (C=O) groups excluding carboxylic acids is 1. The van der Waals surface area contributed by atoms with E-state index in [-0.39, 0.29) is 12.2 Å². The largest absolute Gasteiger partial charge is 0.434 e. The van der Waals surface area contributed by atoms with Crippen LogP contribution in [0.5, 0.6) is 0 Å². The van der Waals surface area contributed by atoms with Gasteiger partial charge in [0.25, 0.3) is 5.91 Å². The van der Waals surface area contributed by atoms with Crippen LogP contribution in [-0.4, -0.2) is 26.8 Å². The Morgan fingerprint density at radius 1 is 1.06 bits per heavy atom. The minimum atomic E-state index is -4.72. The number of alkyl halides is 3. The quantitative estimate of drug-likeness (QED) is 0.443. The number of halogens is 3. The van der Waals surface area contributed by atoms with Crippen LogP contribution in [0, 0.1) is 6.92 Å². The Kier molecular flexibility index (Phi) is 5.54. The Morgan fingerprint density at radius 2 is 1.81 bits per heavy atom. The Hall–Kier alpha value is -3.55. The molecule has 0 spiro atoms. The van der Waals surface area contributed by atoms with Gasteiger partial charge in [-0.05, 0) is 43.0 Å². The van der Waals surface area contributed by atoms with E-state index in [0.717, 1.165) is 27.3 Å². The normalized spacial score (nSPS) is 11.7. The summed E-state index contributed by atoms with van der Waals surface area (Å²) < 4.78 is 44.1. The number of para-hydroxylation sites is 1. The van der Waals surface area contributed by atoms with Crippen LogP contribution in [0.4, 0.5) is 13.2 Å². The maximum atomic E-state index is 13.7. The molecule has 2 heterocycles. The maximum Gasteiger partial charge on any atom is 0.434 e. The van der Waals surface area contributed by atoms with E-state index in [9.17, 15) is 18.0 Å². The maximum absolute atomic E-state index is 13.7. The summed E-state index contributed by atoms with van der Waals surface area (Å²) in [6, 6.07) is 16.4. The van der Waals surface area contributed by atoms with Crippen LogP contribution in [-0.2, 0) is 12.7 Å². The lowest BCUT2D eigenvalue weighted by molar-refractivity contribution is -0.143. The van der Waals surface area contributed by atoms with E-state index in [2.05, 4.69) is 15.0 Å². The standard InChI is InChI=1S/C23H21F3N4O/c1-16-7-9-18(10-8-16)30-21(23(24,25)26)19(15-28-30)22(31)27-12-4-13-29-14-11-17-5-2-3-6-20(17)29/h2-3,5-11,14-15H,4,12-13H2,1H3,(H,27,31). The number of aromatic nitrogens is 3. The first-order chi connectivity index (χ1) is 14.8. The summed E-state index contributed by atoms with van der Waals surface area (Å²) in [6.45, 7) is 2.73. The van der Waals surface area contributed by atoms with Gasteiger partial charge in [0.15, 0.2) is 5.69 Å². The molecule has 0 aliphatic rings. The van der Waals surface area contributed by atoms with Crippen molar-refractivity contribution in [1.29, 1.82) is 0 Å². The summed E-state index contributed by atoms with van der Waals surface area (Å²) in [7, 11) is 0. The molecule has 5 nitrogen and oxygen atoms in total. The number of aryl methyl sites for hydroxylation is 2. The zero-order valence-electron chi connectivity index (χ0n) is 16.9. The topological polar surface area (TPSA) is 51.9 Å². The van der Waals surface area contributed by atoms with Crippen LogP contribution < -0.4 is 5.32 Å². The highest BCUT2D eigenvalue weighted by Gasteiger charge is 2.40. The SMILES string of the molecule is Cc1ccc(-n2ncc(C(=O)NCCCn3ccc4ccccc43)c2C(F)(F)F)cc1. The highest BCUT2D eigenvalue weighted by atomic mass is 19.4. The first kappa shape index (κ1) is 20.7. The molecule has 0 radical (unpaired) electrons. The van der Waals surface area contributed by atoms with E-state index in [0.29, 0.717) is 13.0 Å². The minimum absolute atomic E-state index is 0.247. The predicted molar refractivity (Wildman–Crippen MR) is 112 cm³/mol. The third-order valence-corrected chi connectivity index (χ3v) is 5.10. The van der Waals surface area contributed by atoms with E-state index in [1.165, 1.54) is 0 Å². The summed E-state index contributed by atoms with van der Waals surface area (Å²) in [5.41, 5.74) is 0.673. The van der Waals surface area contributed by atoms with Gasteiger partial charge in [-0.2, -0.15) is 18.3 Å². The first-order valence-electron chi connectivity index (χ1n) is 9.89. The highest BCUT2D eigenvalue weighted by molar-refractivity contribution is 5.95. The fourth-order valence-electron chi connectivity index (χ4n) is 3.55. The number of nitrogens with one attached hydrogen (secondary N) is 1. The van der Waals surface area contributed by atoms with Gasteiger partial charge < -0.3 is 9.88 Å². The molecular weight excluding hydrogens is 405 g/mol. The van der Waals surface area contributed by atoms with Crippen LogP contribution >= 0.6 is 0 Å². The number of carbonyl (C=O) groups is 1. The summed E-state index contributed by atoms with van der Waals surface area (Å²) >= 11 is 0. The van der Waals surface area contributed by atoms with E-state index in [1.54, 1.807) is 24.3 Å². The smallest absolute Gasteiger partial charge is 0.352 e. The molecule has 0 bridgehead atoms. The molecule has 1 amide bonds. The van der Waals surface area contributed by atoms with Crippen molar-refractivity contribution in [3.05, 3.63) is 83.8 Å². The lowest BCUT2D eigenvalue weighted by atomic mass is 10.2. The van der Waals surface area contributed by atoms with Gasteiger partial charge in [0, 0.05) is 24.8 Å². The van der Waals surface area contributed by atoms with Gasteiger partial charge >= 0.3 is 6.18 Å². The van der Waals surface area contributed by atoms with Gasteiger partial charge in [-0.3, -0.25) is 4.79 Å². The van der Waals surface area contributed by atoms with Crippen LogP contribution in [0.3, 0.4) is 0 Å². The van der Waals surface area contributed by atoms with E-state index in [1.807, 2.05) is 43.5 Å². The molecule has 0 aliphatic heterocycles. The van der Waals surface area contributed by atoms with Crippen LogP contribution in [0.25, 0.3) is 16.6 Å². The Morgan fingerprint density at radius 3 is 2.55 bits per heavy atom. The van der Waals surface area contributed by atoms with Gasteiger partial charge in [0.2, 0.25) is 0 Å². The second kappa shape index (κ2) is 8.29. The van der Waals surface area contributed by atoms with Crippen molar-refractivity contribution in [3.8, 4) is 5.69 Å². The molecule has 0 unspecified atom stereocenters. The summed E-state index contributed by atoms with van der Waals surface area (Å²) in [4.78, 5) is 12.5. The molecule has 31 heavy (non-hydrogen) atoms. The molecule has 0 aliphatic carbocycles. The van der Waals surface area contributed by atoms with Crippen LogP contribution in [0.1, 0.15) is 28.0 Å². The average Bonchev–Trinajstić information content (AvgIpc) is 3.36. The third-order valence-electron chi connectivity index (χ3n) is 5.10. The van der Waals surface area contributed by atoms with Crippen molar-refractivity contribution < 1.29 is 18.0 Å². The van der Waals surface area contributed by atoms with Gasteiger partial charge in [-0.15, -0.1) is 0 Å². The Bertz CT molecular complexity index is 1210. The van der Waals surface area contributed by atoms with Gasteiger partial charge in [0.05, 0.1) is 17.4 Å². The number of hydrogen-bond acceptors (Lipinski definition) is 2. The Balaban J connectivity index is 1.46. The van der Waals surface area contributed by atoms with Crippen LogP contribution in [0.2, 0.25) is 0 Å². The molecule has 0 saturated heterocycles. The Labute approximate surface area is 177 Å². The second-order valence-electron chi connectivity index (χ2n) is 7.33. The van der Waals surface area contributed by atoms with Gasteiger partial charge in [0.1, 0.15) is 0 Å². The van der Waals surface area contributed by atoms with Crippen molar-refractivity contribution >= 4 is 16.8 Å². The molecule has 0 saturated carbocycles. The summed E-state index contributed by atoms with van der Waals surface area (Å²) in [5, 5.41) is 7.54. The molecule has 8 heteroatoms. The highest BCUT2D eigenvalue weighted by Crippen LogP contribution is 2.33. The number of rotatable bonds is 6. The lowest BCUT2D eigenvalue weighted by Gasteiger charge is -2.13. The molecule has 160 valence electrons. The lowest BCUT2D eigenvalue weighted by Crippen LogP contribution is -2.28. The van der Waals surface area contributed by atoms with E-state index >= 15 is 0 Å². The number of hydrogen-bond donors (Lipinski definition) is 1. The minimum Gasteiger partial charge on any atom is -0.352 e. The van der Waals surface area contributed by atoms with E-state index < -0.39 is 23.3 Å². The van der Waals surface area contributed by atoms with Crippen molar-refractivity contribution in [2.75, 3.05) is 6.54 Å². The molecule has 2 aromatic heterocycles. The first-order valence-corrected chi connectivity index (χ1v) is 9.89. The number of amides is 1. The second-order valence-corrected chi connectivity index (χ2v) is 7.33. The monoisotopic (exact) mass is 426 g/mol. The number of fused-ring (bicyclic) bond motifs is 1. The molecule has 1 N–H and O–H groups in total. The molecule has 0 atom stereocenters. The molecule has 4 rings (SSSR count). The fraction of sp³-hybridized carbons (Fsp3) is 0.217. The number of nitrogens with zero attached hydrogens (tertiary/aromatic N) is 3. The van der Waals surface area contributed by atoms with Crippen molar-refractivity contribution in [2.24, 2.45) is 0 Å². The van der Waals surface area contributed by atoms with Crippen molar-refractivity contribution in [2.45, 2.75) is 26.1 Å².